The number of H-pyrrole nitrogens is 1. The van der Waals surface area contributed by atoms with Crippen LogP contribution in [0.25, 0.3) is 22.4 Å². The van der Waals surface area contributed by atoms with Gasteiger partial charge in [-0.25, -0.2) is 9.97 Å². The monoisotopic (exact) mass is 209 g/mol. The molecule has 4 heteroatoms. The fourth-order valence-electron chi connectivity index (χ4n) is 1.59. The second kappa shape index (κ2) is 3.41. The van der Waals surface area contributed by atoms with Crippen LogP contribution in [-0.2, 0) is 0 Å². The standard InChI is InChI=1S/C12H9N4/c1-8-7-11(16-15-8)10-5-4-9-3-2-6-13-12(9)14-10/h2,4-7H,1H3,(H,15,16). The van der Waals surface area contributed by atoms with Crippen molar-refractivity contribution in [3.63, 3.8) is 0 Å². The highest BCUT2D eigenvalue weighted by Crippen LogP contribution is 2.17. The van der Waals surface area contributed by atoms with Gasteiger partial charge in [-0.05, 0) is 37.3 Å². The lowest BCUT2D eigenvalue weighted by Gasteiger charge is -1.98. The molecule has 3 heterocycles. The van der Waals surface area contributed by atoms with Crippen molar-refractivity contribution >= 4 is 11.0 Å². The van der Waals surface area contributed by atoms with Crippen molar-refractivity contribution in [2.75, 3.05) is 0 Å². The Hall–Kier alpha value is -2.23. The summed E-state index contributed by atoms with van der Waals surface area (Å²) in [5.74, 6) is 0. The highest BCUT2D eigenvalue weighted by molar-refractivity contribution is 5.76. The van der Waals surface area contributed by atoms with Crippen LogP contribution in [0, 0.1) is 13.0 Å². The SMILES string of the molecule is Cc1cc(-c2ccc3[c]ccnc3n2)n[nH]1. The lowest BCUT2D eigenvalue weighted by atomic mass is 10.2. The van der Waals surface area contributed by atoms with Crippen molar-refractivity contribution in [2.24, 2.45) is 0 Å². The summed E-state index contributed by atoms with van der Waals surface area (Å²) in [6.45, 7) is 1.96. The Bertz CT molecular complexity index is 642. The largest absolute Gasteiger partial charge is 0.282 e. The van der Waals surface area contributed by atoms with E-state index in [9.17, 15) is 0 Å². The van der Waals surface area contributed by atoms with Crippen LogP contribution in [0.3, 0.4) is 0 Å². The maximum absolute atomic E-state index is 4.43. The lowest BCUT2D eigenvalue weighted by Crippen LogP contribution is -1.87. The molecule has 0 aromatic carbocycles. The quantitative estimate of drug-likeness (QED) is 0.668. The minimum atomic E-state index is 0.695. The predicted octanol–water partition coefficient (Wildman–Crippen LogP) is 2.13. The average molecular weight is 209 g/mol. The zero-order valence-corrected chi connectivity index (χ0v) is 8.73. The molecule has 3 aromatic heterocycles. The second-order valence-corrected chi connectivity index (χ2v) is 3.59. The Kier molecular flexibility index (Phi) is 1.93. The van der Waals surface area contributed by atoms with Crippen LogP contribution in [0.1, 0.15) is 5.69 Å². The number of pyridine rings is 2. The number of aromatic amines is 1. The summed E-state index contributed by atoms with van der Waals surface area (Å²) in [6, 6.07) is 10.7. The summed E-state index contributed by atoms with van der Waals surface area (Å²) in [5, 5.41) is 7.98. The topological polar surface area (TPSA) is 54.5 Å². The third kappa shape index (κ3) is 1.44. The van der Waals surface area contributed by atoms with Gasteiger partial charge in [0.1, 0.15) is 5.69 Å². The zero-order chi connectivity index (χ0) is 11.0. The smallest absolute Gasteiger partial charge is 0.160 e. The van der Waals surface area contributed by atoms with E-state index in [4.69, 9.17) is 0 Å². The van der Waals surface area contributed by atoms with E-state index >= 15 is 0 Å². The lowest BCUT2D eigenvalue weighted by molar-refractivity contribution is 1.05. The molecule has 0 saturated carbocycles. The van der Waals surface area contributed by atoms with Crippen molar-refractivity contribution in [1.82, 2.24) is 20.2 Å². The fraction of sp³-hybridized carbons (Fsp3) is 0.0833. The molecule has 0 aliphatic carbocycles. The number of aromatic nitrogens is 4. The maximum Gasteiger partial charge on any atom is 0.160 e. The number of hydrogen-bond acceptors (Lipinski definition) is 3. The van der Waals surface area contributed by atoms with E-state index in [2.05, 4.69) is 26.2 Å². The van der Waals surface area contributed by atoms with E-state index in [0.717, 1.165) is 22.5 Å². The molecular weight excluding hydrogens is 200 g/mol. The first-order valence-electron chi connectivity index (χ1n) is 4.99. The van der Waals surface area contributed by atoms with Gasteiger partial charge in [0.2, 0.25) is 0 Å². The first kappa shape index (κ1) is 9.03. The molecule has 1 N–H and O–H groups in total. The van der Waals surface area contributed by atoms with Crippen molar-refractivity contribution in [1.29, 1.82) is 0 Å². The summed E-state index contributed by atoms with van der Waals surface area (Å²) >= 11 is 0. The van der Waals surface area contributed by atoms with Gasteiger partial charge in [-0.3, -0.25) is 5.10 Å². The second-order valence-electron chi connectivity index (χ2n) is 3.59. The van der Waals surface area contributed by atoms with Crippen LogP contribution in [-0.4, -0.2) is 20.2 Å². The molecule has 0 atom stereocenters. The molecule has 0 bridgehead atoms. The van der Waals surface area contributed by atoms with Gasteiger partial charge < -0.3 is 0 Å². The summed E-state index contributed by atoms with van der Waals surface area (Å²) in [5.41, 5.74) is 3.37. The number of aryl methyl sites for hydroxylation is 1. The van der Waals surface area contributed by atoms with E-state index < -0.39 is 0 Å². The normalized spacial score (nSPS) is 10.8. The number of rotatable bonds is 1. The van der Waals surface area contributed by atoms with Crippen LogP contribution < -0.4 is 0 Å². The number of hydrogen-bond donors (Lipinski definition) is 1. The fourth-order valence-corrected chi connectivity index (χ4v) is 1.59. The minimum absolute atomic E-state index is 0.695. The van der Waals surface area contributed by atoms with E-state index in [-0.39, 0.29) is 0 Å². The Morgan fingerprint density at radius 3 is 3.00 bits per heavy atom. The maximum atomic E-state index is 4.43. The van der Waals surface area contributed by atoms with Gasteiger partial charge in [0, 0.05) is 17.3 Å². The number of fused-ring (bicyclic) bond motifs is 1. The van der Waals surface area contributed by atoms with E-state index in [0.29, 0.717) is 5.65 Å². The van der Waals surface area contributed by atoms with Crippen molar-refractivity contribution in [2.45, 2.75) is 6.92 Å². The molecule has 3 aromatic rings. The molecule has 0 amide bonds. The van der Waals surface area contributed by atoms with Gasteiger partial charge in [0.05, 0.1) is 5.69 Å². The molecule has 4 nitrogen and oxygen atoms in total. The van der Waals surface area contributed by atoms with E-state index in [1.165, 1.54) is 0 Å². The number of nitrogens with one attached hydrogen (secondary N) is 1. The summed E-state index contributed by atoms with van der Waals surface area (Å²) < 4.78 is 0. The molecule has 0 unspecified atom stereocenters. The van der Waals surface area contributed by atoms with Crippen LogP contribution in [0.2, 0.25) is 0 Å². The molecule has 3 rings (SSSR count). The summed E-state index contributed by atoms with van der Waals surface area (Å²) in [6.07, 6.45) is 1.69. The first-order chi connectivity index (χ1) is 7.83. The summed E-state index contributed by atoms with van der Waals surface area (Å²) in [4.78, 5) is 8.63. The molecule has 77 valence electrons. The third-order valence-electron chi connectivity index (χ3n) is 2.35. The van der Waals surface area contributed by atoms with Crippen LogP contribution in [0.15, 0.2) is 30.5 Å². The molecule has 1 radical (unpaired) electrons. The van der Waals surface area contributed by atoms with Crippen molar-refractivity contribution < 1.29 is 0 Å². The van der Waals surface area contributed by atoms with Crippen molar-refractivity contribution in [3.8, 4) is 11.4 Å². The minimum Gasteiger partial charge on any atom is -0.282 e. The number of nitrogens with zero attached hydrogens (tertiary/aromatic N) is 3. The molecule has 0 aliphatic rings. The molecule has 16 heavy (non-hydrogen) atoms. The van der Waals surface area contributed by atoms with Gasteiger partial charge in [-0.15, -0.1) is 0 Å². The van der Waals surface area contributed by atoms with E-state index in [1.54, 1.807) is 12.3 Å². The average Bonchev–Trinajstić information content (AvgIpc) is 2.75. The van der Waals surface area contributed by atoms with Crippen LogP contribution >= 0.6 is 0 Å². The Morgan fingerprint density at radius 2 is 2.19 bits per heavy atom. The van der Waals surface area contributed by atoms with Crippen LogP contribution in [0.5, 0.6) is 0 Å². The van der Waals surface area contributed by atoms with Gasteiger partial charge in [-0.2, -0.15) is 5.10 Å². The Balaban J connectivity index is 2.18. The van der Waals surface area contributed by atoms with Gasteiger partial charge in [-0.1, -0.05) is 0 Å². The molecule has 0 fully saturated rings. The highest BCUT2D eigenvalue weighted by atomic mass is 15.1. The molecule has 0 aliphatic heterocycles. The zero-order valence-electron chi connectivity index (χ0n) is 8.73. The Morgan fingerprint density at radius 1 is 1.25 bits per heavy atom. The first-order valence-corrected chi connectivity index (χ1v) is 4.99. The van der Waals surface area contributed by atoms with Gasteiger partial charge >= 0.3 is 0 Å². The Labute approximate surface area is 92.4 Å². The molecule has 0 spiro atoms. The van der Waals surface area contributed by atoms with Crippen molar-refractivity contribution in [3.05, 3.63) is 42.2 Å². The third-order valence-corrected chi connectivity index (χ3v) is 2.35. The van der Waals surface area contributed by atoms with Gasteiger partial charge in [0.15, 0.2) is 5.65 Å². The summed E-state index contributed by atoms with van der Waals surface area (Å²) in [7, 11) is 0. The van der Waals surface area contributed by atoms with Gasteiger partial charge in [0.25, 0.3) is 0 Å². The predicted molar refractivity (Wildman–Crippen MR) is 60.7 cm³/mol. The van der Waals surface area contributed by atoms with E-state index in [1.807, 2.05) is 25.1 Å². The highest BCUT2D eigenvalue weighted by Gasteiger charge is 2.04. The molecular formula is C12H9N4. The van der Waals surface area contributed by atoms with Crippen LogP contribution in [0.4, 0.5) is 0 Å². The molecule has 0 saturated heterocycles.